The molecule has 18 heavy (non-hydrogen) atoms. The first kappa shape index (κ1) is 16.3. The summed E-state index contributed by atoms with van der Waals surface area (Å²) in [5.74, 6) is 0. The van der Waals surface area contributed by atoms with Crippen molar-refractivity contribution in [3.05, 3.63) is 0 Å². The van der Waals surface area contributed by atoms with E-state index in [1.165, 1.54) is 32.5 Å². The number of nitrogens with zero attached hydrogens (tertiary/aromatic N) is 1. The highest BCUT2D eigenvalue weighted by Crippen LogP contribution is 2.32. The lowest BCUT2D eigenvalue weighted by molar-refractivity contribution is 0.123. The molecule has 0 saturated carbocycles. The number of rotatable bonds is 5. The molecule has 2 nitrogen and oxygen atoms in total. The topological polar surface area (TPSA) is 15.3 Å². The maximum absolute atomic E-state index is 3.68. The lowest BCUT2D eigenvalue weighted by Crippen LogP contribution is -2.58. The van der Waals surface area contributed by atoms with Crippen LogP contribution in [0, 0.1) is 5.41 Å². The number of thioether (sulfide) groups is 1. The van der Waals surface area contributed by atoms with E-state index in [-0.39, 0.29) is 0 Å². The van der Waals surface area contributed by atoms with E-state index in [1.54, 1.807) is 0 Å². The second-order valence-electron chi connectivity index (χ2n) is 6.70. The van der Waals surface area contributed by atoms with Crippen LogP contribution >= 0.6 is 11.8 Å². The van der Waals surface area contributed by atoms with E-state index in [0.29, 0.717) is 16.2 Å². The number of piperazine rings is 1. The molecule has 1 saturated heterocycles. The predicted molar refractivity (Wildman–Crippen MR) is 84.5 cm³/mol. The summed E-state index contributed by atoms with van der Waals surface area (Å²) in [5, 5.41) is 3.68. The van der Waals surface area contributed by atoms with Gasteiger partial charge in [-0.2, -0.15) is 11.8 Å². The lowest BCUT2D eigenvalue weighted by atomic mass is 9.85. The molecule has 1 rings (SSSR count). The zero-order valence-corrected chi connectivity index (χ0v) is 14.0. The van der Waals surface area contributed by atoms with Gasteiger partial charge in [0.25, 0.3) is 0 Å². The highest BCUT2D eigenvalue weighted by atomic mass is 32.2. The van der Waals surface area contributed by atoms with Gasteiger partial charge in [0, 0.05) is 37.0 Å². The highest BCUT2D eigenvalue weighted by Gasteiger charge is 2.33. The average Bonchev–Trinajstić information content (AvgIpc) is 2.35. The van der Waals surface area contributed by atoms with Gasteiger partial charge in [-0.25, -0.2) is 0 Å². The Bertz CT molecular complexity index is 235. The number of hydrogen-bond acceptors (Lipinski definition) is 3. The average molecular weight is 273 g/mol. The van der Waals surface area contributed by atoms with Crippen LogP contribution in [0.2, 0.25) is 0 Å². The largest absolute Gasteiger partial charge is 0.311 e. The highest BCUT2D eigenvalue weighted by molar-refractivity contribution is 8.00. The van der Waals surface area contributed by atoms with Crippen molar-refractivity contribution in [2.24, 2.45) is 5.41 Å². The fraction of sp³-hybridized carbons (Fsp3) is 1.00. The molecule has 0 radical (unpaired) electrons. The summed E-state index contributed by atoms with van der Waals surface area (Å²) in [5.41, 5.74) is 0.360. The molecule has 1 unspecified atom stereocenters. The minimum atomic E-state index is 0.360. The first-order valence-corrected chi connectivity index (χ1v) is 8.60. The van der Waals surface area contributed by atoms with Crippen LogP contribution in [0.15, 0.2) is 0 Å². The van der Waals surface area contributed by atoms with E-state index in [0.717, 1.165) is 6.54 Å². The number of nitrogens with one attached hydrogen (secondary N) is 1. The SMILES string of the molecule is CCC(CC)(CN1CCNC(C(C)(C)C)C1)SC. The van der Waals surface area contributed by atoms with Gasteiger partial charge in [-0.05, 0) is 24.5 Å². The molecule has 1 fully saturated rings. The maximum atomic E-state index is 3.68. The Labute approximate surface area is 118 Å². The Kier molecular flexibility index (Phi) is 6.01. The molecule has 0 aliphatic carbocycles. The van der Waals surface area contributed by atoms with Crippen LogP contribution in [-0.2, 0) is 0 Å². The van der Waals surface area contributed by atoms with E-state index < -0.39 is 0 Å². The van der Waals surface area contributed by atoms with Crippen molar-refractivity contribution in [1.29, 1.82) is 0 Å². The normalized spacial score (nSPS) is 23.3. The van der Waals surface area contributed by atoms with E-state index in [1.807, 2.05) is 0 Å². The maximum Gasteiger partial charge on any atom is 0.0279 e. The molecule has 3 heteroatoms. The van der Waals surface area contributed by atoms with Crippen molar-refractivity contribution in [1.82, 2.24) is 10.2 Å². The minimum Gasteiger partial charge on any atom is -0.311 e. The van der Waals surface area contributed by atoms with E-state index in [4.69, 9.17) is 0 Å². The molecule has 0 aromatic rings. The van der Waals surface area contributed by atoms with Crippen LogP contribution in [0.1, 0.15) is 47.5 Å². The molecule has 0 spiro atoms. The molecular weight excluding hydrogens is 240 g/mol. The molecule has 1 N–H and O–H groups in total. The third kappa shape index (κ3) is 4.14. The summed E-state index contributed by atoms with van der Waals surface area (Å²) in [7, 11) is 0. The van der Waals surface area contributed by atoms with Crippen molar-refractivity contribution < 1.29 is 0 Å². The third-order valence-electron chi connectivity index (χ3n) is 4.54. The lowest BCUT2D eigenvalue weighted by Gasteiger charge is -2.44. The van der Waals surface area contributed by atoms with E-state index >= 15 is 0 Å². The zero-order chi connectivity index (χ0) is 13.8. The molecule has 0 aromatic carbocycles. The van der Waals surface area contributed by atoms with Gasteiger partial charge in [0.05, 0.1) is 0 Å². The third-order valence-corrected chi connectivity index (χ3v) is 6.11. The predicted octanol–water partition coefficient (Wildman–Crippen LogP) is 3.23. The number of hydrogen-bond donors (Lipinski definition) is 1. The first-order chi connectivity index (χ1) is 8.37. The summed E-state index contributed by atoms with van der Waals surface area (Å²) in [6.07, 6.45) is 4.82. The Morgan fingerprint density at radius 2 is 1.83 bits per heavy atom. The Morgan fingerprint density at radius 1 is 1.22 bits per heavy atom. The molecule has 1 atom stereocenters. The summed E-state index contributed by atoms with van der Waals surface area (Å²) in [4.78, 5) is 2.68. The first-order valence-electron chi connectivity index (χ1n) is 7.38. The molecule has 0 bridgehead atoms. The molecule has 1 aliphatic rings. The Morgan fingerprint density at radius 3 is 2.28 bits per heavy atom. The standard InChI is InChI=1S/C15H32N2S/c1-7-15(8-2,18-6)12-17-10-9-16-13(11-17)14(3,4)5/h13,16H,7-12H2,1-6H3. The van der Waals surface area contributed by atoms with Gasteiger partial charge in [0.15, 0.2) is 0 Å². The van der Waals surface area contributed by atoms with Gasteiger partial charge >= 0.3 is 0 Å². The quantitative estimate of drug-likeness (QED) is 0.827. The second-order valence-corrected chi connectivity index (χ2v) is 7.98. The van der Waals surface area contributed by atoms with Gasteiger partial charge < -0.3 is 5.32 Å². The zero-order valence-electron chi connectivity index (χ0n) is 13.2. The van der Waals surface area contributed by atoms with Crippen LogP contribution in [0.5, 0.6) is 0 Å². The van der Waals surface area contributed by atoms with Crippen molar-refractivity contribution in [2.45, 2.75) is 58.2 Å². The molecule has 0 aromatic heterocycles. The summed E-state index contributed by atoms with van der Waals surface area (Å²) < 4.78 is 0.458. The summed E-state index contributed by atoms with van der Waals surface area (Å²) >= 11 is 2.06. The summed E-state index contributed by atoms with van der Waals surface area (Å²) in [6.45, 7) is 16.5. The fourth-order valence-corrected chi connectivity index (χ4v) is 3.66. The molecule has 0 amide bonds. The summed E-state index contributed by atoms with van der Waals surface area (Å²) in [6, 6.07) is 0.625. The van der Waals surface area contributed by atoms with E-state index in [9.17, 15) is 0 Å². The van der Waals surface area contributed by atoms with Crippen LogP contribution in [-0.4, -0.2) is 48.1 Å². The van der Waals surface area contributed by atoms with Crippen molar-refractivity contribution in [3.8, 4) is 0 Å². The van der Waals surface area contributed by atoms with Crippen LogP contribution in [0.4, 0.5) is 0 Å². The Balaban J connectivity index is 2.62. The van der Waals surface area contributed by atoms with Crippen LogP contribution in [0.25, 0.3) is 0 Å². The van der Waals surface area contributed by atoms with E-state index in [2.05, 4.69) is 62.9 Å². The molecular formula is C15H32N2S. The van der Waals surface area contributed by atoms with Gasteiger partial charge in [0.1, 0.15) is 0 Å². The molecule has 108 valence electrons. The second kappa shape index (κ2) is 6.62. The van der Waals surface area contributed by atoms with Gasteiger partial charge in [-0.1, -0.05) is 34.6 Å². The van der Waals surface area contributed by atoms with Crippen LogP contribution < -0.4 is 5.32 Å². The minimum absolute atomic E-state index is 0.360. The molecule has 1 aliphatic heterocycles. The smallest absolute Gasteiger partial charge is 0.0279 e. The van der Waals surface area contributed by atoms with Crippen molar-refractivity contribution in [3.63, 3.8) is 0 Å². The van der Waals surface area contributed by atoms with Crippen molar-refractivity contribution >= 4 is 11.8 Å². The van der Waals surface area contributed by atoms with Gasteiger partial charge in [-0.15, -0.1) is 0 Å². The molecule has 1 heterocycles. The van der Waals surface area contributed by atoms with Crippen LogP contribution in [0.3, 0.4) is 0 Å². The fourth-order valence-electron chi connectivity index (χ4n) is 2.77. The monoisotopic (exact) mass is 272 g/mol. The van der Waals surface area contributed by atoms with Crippen molar-refractivity contribution in [2.75, 3.05) is 32.4 Å². The van der Waals surface area contributed by atoms with Gasteiger partial charge in [0.2, 0.25) is 0 Å². The van der Waals surface area contributed by atoms with Gasteiger partial charge in [-0.3, -0.25) is 4.90 Å². The Hall–Kier alpha value is 0.270.